The molecule has 5 rings (SSSR count). The van der Waals surface area contributed by atoms with Crippen molar-refractivity contribution < 1.29 is 38.8 Å². The van der Waals surface area contributed by atoms with E-state index in [9.17, 15) is 30.0 Å². The van der Waals surface area contributed by atoms with Gasteiger partial charge in [0.2, 0.25) is 25.9 Å². The number of aromatic nitrogens is 2. The molecule has 228 valence electrons. The van der Waals surface area contributed by atoms with E-state index in [1.165, 1.54) is 22.5 Å². The molecule has 2 fully saturated rings. The summed E-state index contributed by atoms with van der Waals surface area (Å²) >= 11 is 5.96. The van der Waals surface area contributed by atoms with Crippen LogP contribution in [0, 0.1) is 11.6 Å². The van der Waals surface area contributed by atoms with Crippen molar-refractivity contribution >= 4 is 37.3 Å². The number of anilines is 1. The van der Waals surface area contributed by atoms with Gasteiger partial charge in [0.1, 0.15) is 11.6 Å². The van der Waals surface area contributed by atoms with Gasteiger partial charge in [0.25, 0.3) is 5.89 Å². The van der Waals surface area contributed by atoms with Gasteiger partial charge in [-0.2, -0.15) is 13.1 Å². The van der Waals surface area contributed by atoms with Crippen molar-refractivity contribution in [2.24, 2.45) is 0 Å². The molecule has 10 nitrogen and oxygen atoms in total. The molecule has 0 N–H and O–H groups in total. The van der Waals surface area contributed by atoms with E-state index in [0.29, 0.717) is 26.2 Å². The quantitative estimate of drug-likeness (QED) is 0.318. The average molecular weight is 652 g/mol. The summed E-state index contributed by atoms with van der Waals surface area (Å²) in [5, 5.41) is 5.55. The fraction of sp³-hybridized carbons (Fsp3) is 0.440. The largest absolute Gasteiger partial charge is 0.415 e. The molecule has 0 atom stereocenters. The van der Waals surface area contributed by atoms with Crippen molar-refractivity contribution in [2.75, 3.05) is 36.7 Å². The van der Waals surface area contributed by atoms with Crippen LogP contribution in [0.4, 0.5) is 23.2 Å². The second-order valence-electron chi connectivity index (χ2n) is 10.2. The third kappa shape index (κ3) is 6.27. The molecule has 0 radical (unpaired) electrons. The smallest absolute Gasteiger partial charge is 0.314 e. The van der Waals surface area contributed by atoms with E-state index in [4.69, 9.17) is 16.0 Å². The topological polar surface area (TPSA) is 117 Å². The first-order chi connectivity index (χ1) is 19.7. The molecule has 3 aromatic rings. The Morgan fingerprint density at radius 2 is 1.71 bits per heavy atom. The maximum atomic E-state index is 15.3. The summed E-state index contributed by atoms with van der Waals surface area (Å²) in [6.45, 7) is 1.06. The second kappa shape index (κ2) is 11.7. The number of alkyl halides is 2. The molecule has 0 amide bonds. The fourth-order valence-corrected chi connectivity index (χ4v) is 7.96. The number of rotatable bonds is 9. The van der Waals surface area contributed by atoms with E-state index in [0.717, 1.165) is 28.8 Å². The summed E-state index contributed by atoms with van der Waals surface area (Å²) in [6.07, 6.45) is -1.37. The maximum Gasteiger partial charge on any atom is 0.314 e. The summed E-state index contributed by atoms with van der Waals surface area (Å²) < 4.78 is 113. The van der Waals surface area contributed by atoms with Gasteiger partial charge >= 0.3 is 6.43 Å². The summed E-state index contributed by atoms with van der Waals surface area (Å²) in [4.78, 5) is 2.06. The van der Waals surface area contributed by atoms with Crippen molar-refractivity contribution in [1.29, 1.82) is 0 Å². The van der Waals surface area contributed by atoms with Gasteiger partial charge in [-0.3, -0.25) is 9.21 Å². The highest BCUT2D eigenvalue weighted by molar-refractivity contribution is 7.93. The molecule has 17 heteroatoms. The third-order valence-electron chi connectivity index (χ3n) is 7.45. The number of halogens is 5. The molecule has 0 spiro atoms. The van der Waals surface area contributed by atoms with Crippen LogP contribution in [0.25, 0.3) is 11.5 Å². The predicted octanol–water partition coefficient (Wildman–Crippen LogP) is 4.05. The monoisotopic (exact) mass is 651 g/mol. The number of hydrogen-bond donors (Lipinski definition) is 0. The molecule has 42 heavy (non-hydrogen) atoms. The Hall–Kier alpha value is -2.79. The van der Waals surface area contributed by atoms with Gasteiger partial charge in [-0.05, 0) is 56.3 Å². The molecule has 2 saturated heterocycles. The van der Waals surface area contributed by atoms with Gasteiger partial charge in [-0.1, -0.05) is 17.7 Å². The Morgan fingerprint density at radius 1 is 1.02 bits per heavy atom. The molecule has 2 aromatic carbocycles. The van der Waals surface area contributed by atoms with Gasteiger partial charge in [0.15, 0.2) is 0 Å². The highest BCUT2D eigenvalue weighted by Gasteiger charge is 2.41. The van der Waals surface area contributed by atoms with Crippen LogP contribution < -0.4 is 4.31 Å². The Labute approximate surface area is 245 Å². The highest BCUT2D eigenvalue weighted by Crippen LogP contribution is 2.33. The summed E-state index contributed by atoms with van der Waals surface area (Å²) in [6, 6.07) is 6.98. The number of nitrogens with zero attached hydrogens (tertiary/aromatic N) is 5. The molecule has 2 aliphatic heterocycles. The van der Waals surface area contributed by atoms with Gasteiger partial charge in [0, 0.05) is 30.3 Å². The fourth-order valence-electron chi connectivity index (χ4n) is 5.01. The number of piperidine rings is 1. The molecular weight excluding hydrogens is 626 g/mol. The van der Waals surface area contributed by atoms with E-state index in [1.807, 2.05) is 0 Å². The summed E-state index contributed by atoms with van der Waals surface area (Å²) in [5.41, 5.74) is 0.00500. The van der Waals surface area contributed by atoms with Crippen molar-refractivity contribution in [3.8, 4) is 11.5 Å². The molecule has 1 aromatic heterocycles. The van der Waals surface area contributed by atoms with Crippen LogP contribution in [-0.2, 0) is 26.6 Å². The lowest BCUT2D eigenvalue weighted by Crippen LogP contribution is -2.62. The Morgan fingerprint density at radius 3 is 2.29 bits per heavy atom. The van der Waals surface area contributed by atoms with Crippen LogP contribution in [0.3, 0.4) is 0 Å². The first-order valence-corrected chi connectivity index (χ1v) is 16.5. The number of hydrogen-bond acceptors (Lipinski definition) is 8. The van der Waals surface area contributed by atoms with Crippen molar-refractivity contribution in [1.82, 2.24) is 19.4 Å². The Balaban J connectivity index is 1.37. The zero-order valence-corrected chi connectivity index (χ0v) is 24.5. The van der Waals surface area contributed by atoms with Gasteiger partial charge in [-0.15, -0.1) is 10.2 Å². The molecule has 0 aliphatic carbocycles. The van der Waals surface area contributed by atoms with Crippen LogP contribution in [0.2, 0.25) is 5.02 Å². The van der Waals surface area contributed by atoms with Crippen LogP contribution in [0.5, 0.6) is 0 Å². The normalized spacial score (nSPS) is 18.0. The van der Waals surface area contributed by atoms with Gasteiger partial charge < -0.3 is 4.42 Å². The zero-order chi connectivity index (χ0) is 30.4. The zero-order valence-electron chi connectivity index (χ0n) is 22.1. The van der Waals surface area contributed by atoms with Crippen LogP contribution in [0.15, 0.2) is 40.8 Å². The molecule has 0 bridgehead atoms. The Bertz CT molecular complexity index is 1680. The first-order valence-electron chi connectivity index (χ1n) is 12.8. The lowest BCUT2D eigenvalue weighted by molar-refractivity contribution is 0.0728. The lowest BCUT2D eigenvalue weighted by Gasteiger charge is -2.46. The first kappa shape index (κ1) is 30.7. The van der Waals surface area contributed by atoms with Gasteiger partial charge in [0.05, 0.1) is 28.8 Å². The molecule has 0 unspecified atom stereocenters. The van der Waals surface area contributed by atoms with Crippen LogP contribution in [0.1, 0.15) is 30.7 Å². The summed E-state index contributed by atoms with van der Waals surface area (Å²) in [7, 11) is -7.41. The molecule has 3 heterocycles. The molecule has 0 saturated carbocycles. The van der Waals surface area contributed by atoms with Crippen LogP contribution >= 0.6 is 11.6 Å². The van der Waals surface area contributed by atoms with E-state index < -0.39 is 55.8 Å². The SMILES string of the molecule is CS(=O)(=O)N1CC(N2CCC(S(=O)(=O)N(Cc3ccc(-c4nnc(C(F)F)o4)cc3F)c3ccc(F)c(Cl)c3)CC2)C1. The Kier molecular flexibility index (Phi) is 8.55. The van der Waals surface area contributed by atoms with Crippen molar-refractivity contribution in [2.45, 2.75) is 37.1 Å². The maximum absolute atomic E-state index is 15.3. The van der Waals surface area contributed by atoms with Gasteiger partial charge in [-0.25, -0.2) is 25.6 Å². The highest BCUT2D eigenvalue weighted by atomic mass is 35.5. The second-order valence-corrected chi connectivity index (χ2v) is 14.7. The van der Waals surface area contributed by atoms with E-state index in [-0.39, 0.29) is 46.6 Å². The van der Waals surface area contributed by atoms with Crippen molar-refractivity contribution in [3.63, 3.8) is 0 Å². The lowest BCUT2D eigenvalue weighted by atomic mass is 10.0. The predicted molar refractivity (Wildman–Crippen MR) is 146 cm³/mol. The summed E-state index contributed by atoms with van der Waals surface area (Å²) in [5.74, 6) is -2.86. The number of benzene rings is 2. The molecule has 2 aliphatic rings. The van der Waals surface area contributed by atoms with E-state index >= 15 is 4.39 Å². The molecular formula is C25H26ClF4N5O5S2. The minimum Gasteiger partial charge on any atom is -0.415 e. The van der Waals surface area contributed by atoms with Crippen LogP contribution in [-0.4, -0.2) is 80.0 Å². The third-order valence-corrected chi connectivity index (χ3v) is 11.2. The minimum absolute atomic E-state index is 0.00128. The number of likely N-dealkylation sites (tertiary alicyclic amines) is 1. The standard InChI is InChI=1S/C25H26ClF4N5O5S2/c1-41(36,37)34-13-18(14-34)33-8-6-19(7-9-33)42(38,39)35(17-4-5-21(27)20(26)11-17)12-16-3-2-15(10-22(16)28)24-31-32-25(40-24)23(29)30/h2-5,10-11,18-19,23H,6-9,12-14H2,1H3. The van der Waals surface area contributed by atoms with E-state index in [1.54, 1.807) is 0 Å². The van der Waals surface area contributed by atoms with E-state index in [2.05, 4.69) is 15.1 Å². The van der Waals surface area contributed by atoms with Crippen molar-refractivity contribution in [3.05, 3.63) is 64.5 Å². The number of sulfonamides is 2. The average Bonchev–Trinajstić information content (AvgIpc) is 3.39. The minimum atomic E-state index is -4.13.